The molecule has 0 unspecified atom stereocenters. The van der Waals surface area contributed by atoms with Crippen molar-refractivity contribution in [2.45, 2.75) is 44.6 Å². The number of carbonyl (C=O) groups is 1. The van der Waals surface area contributed by atoms with Crippen molar-refractivity contribution in [3.8, 4) is 12.8 Å². The minimum atomic E-state index is 0.199. The Labute approximate surface area is 196 Å². The van der Waals surface area contributed by atoms with Gasteiger partial charge in [-0.3, -0.25) is 14.9 Å². The number of hydrogen-bond donors (Lipinski definition) is 3. The number of H-pyrrole nitrogens is 1. The second-order valence-electron chi connectivity index (χ2n) is 7.37. The molecule has 2 fully saturated rings. The van der Waals surface area contributed by atoms with Crippen LogP contribution in [-0.2, 0) is 4.79 Å². The van der Waals surface area contributed by atoms with E-state index in [1.807, 2.05) is 6.07 Å². The standard InChI is InChI=1S/C14H18ClN7.C5H5N3O.C2H2/c1-8-3-2-6-22(8)14-18-12(15)17-13(19-14)16-11-7-10(20-21-11)9-4-5-9;9-4-8-5-3-6-1-2-7-5;1-2/h7-9H,2-6H2,1H3,(H2,16,17,18,19,20,21);1-4H,(H,7,8,9);1-2H/t8-;;/m0../s1. The van der Waals surface area contributed by atoms with E-state index in [-0.39, 0.29) is 5.28 Å². The van der Waals surface area contributed by atoms with E-state index in [1.54, 1.807) is 0 Å². The Balaban J connectivity index is 0.000000234. The van der Waals surface area contributed by atoms with Crippen LogP contribution in [-0.4, -0.2) is 54.1 Å². The van der Waals surface area contributed by atoms with Crippen LogP contribution < -0.4 is 15.5 Å². The summed E-state index contributed by atoms with van der Waals surface area (Å²) in [5.74, 6) is 2.87. The van der Waals surface area contributed by atoms with Crippen LogP contribution in [0, 0.1) is 12.8 Å². The van der Waals surface area contributed by atoms with Gasteiger partial charge in [-0.05, 0) is 44.2 Å². The van der Waals surface area contributed by atoms with E-state index in [1.165, 1.54) is 31.4 Å². The number of nitrogens with zero attached hydrogens (tertiary/aromatic N) is 7. The van der Waals surface area contributed by atoms with Crippen molar-refractivity contribution in [2.24, 2.45) is 0 Å². The lowest BCUT2D eigenvalue weighted by Gasteiger charge is -2.21. The van der Waals surface area contributed by atoms with Gasteiger partial charge < -0.3 is 15.5 Å². The molecular formula is C21H25ClN10O. The summed E-state index contributed by atoms with van der Waals surface area (Å²) in [7, 11) is 0. The maximum Gasteiger partial charge on any atom is 0.234 e. The average molecular weight is 469 g/mol. The lowest BCUT2D eigenvalue weighted by Crippen LogP contribution is -2.28. The topological polar surface area (TPSA) is 138 Å². The van der Waals surface area contributed by atoms with Crippen molar-refractivity contribution in [1.82, 2.24) is 35.1 Å². The van der Waals surface area contributed by atoms with Gasteiger partial charge in [0, 0.05) is 42.7 Å². The molecule has 0 radical (unpaired) electrons. The summed E-state index contributed by atoms with van der Waals surface area (Å²) < 4.78 is 0. The van der Waals surface area contributed by atoms with Crippen LogP contribution in [0.15, 0.2) is 24.7 Å². The third-order valence-corrected chi connectivity index (χ3v) is 5.20. The van der Waals surface area contributed by atoms with E-state index in [0.29, 0.717) is 41.9 Å². The molecular weight excluding hydrogens is 444 g/mol. The van der Waals surface area contributed by atoms with Gasteiger partial charge in [0.2, 0.25) is 23.6 Å². The summed E-state index contributed by atoms with van der Waals surface area (Å²) in [6, 6.07) is 2.44. The molecule has 0 bridgehead atoms. The Morgan fingerprint density at radius 1 is 1.18 bits per heavy atom. The molecule has 0 spiro atoms. The minimum absolute atomic E-state index is 0.199. The molecule has 1 aliphatic carbocycles. The van der Waals surface area contributed by atoms with Crippen molar-refractivity contribution in [3.05, 3.63) is 35.6 Å². The normalized spacial score (nSPS) is 16.6. The number of nitrogens with one attached hydrogen (secondary N) is 3. The van der Waals surface area contributed by atoms with Crippen LogP contribution in [0.4, 0.5) is 23.5 Å². The van der Waals surface area contributed by atoms with E-state index in [0.717, 1.165) is 25.1 Å². The first kappa shape index (κ1) is 23.9. The van der Waals surface area contributed by atoms with Crippen LogP contribution in [0.25, 0.3) is 0 Å². The summed E-state index contributed by atoms with van der Waals surface area (Å²) in [4.78, 5) is 32.3. The Bertz CT molecular complexity index is 1050. The van der Waals surface area contributed by atoms with Crippen molar-refractivity contribution in [2.75, 3.05) is 22.1 Å². The Morgan fingerprint density at radius 2 is 2.00 bits per heavy atom. The van der Waals surface area contributed by atoms with Crippen LogP contribution >= 0.6 is 11.6 Å². The summed E-state index contributed by atoms with van der Waals surface area (Å²) in [6.45, 7) is 3.13. The molecule has 2 aliphatic rings. The number of terminal acetylenes is 1. The van der Waals surface area contributed by atoms with E-state index < -0.39 is 0 Å². The summed E-state index contributed by atoms with van der Waals surface area (Å²) in [5.41, 5.74) is 1.16. The van der Waals surface area contributed by atoms with Gasteiger partial charge >= 0.3 is 0 Å². The minimum Gasteiger partial charge on any atom is -0.338 e. The monoisotopic (exact) mass is 468 g/mol. The van der Waals surface area contributed by atoms with Gasteiger partial charge in [-0.2, -0.15) is 20.1 Å². The highest BCUT2D eigenvalue weighted by Crippen LogP contribution is 2.39. The third-order valence-electron chi connectivity index (χ3n) is 5.03. The maximum absolute atomic E-state index is 9.80. The van der Waals surface area contributed by atoms with Crippen molar-refractivity contribution in [1.29, 1.82) is 0 Å². The zero-order valence-electron chi connectivity index (χ0n) is 18.1. The first-order valence-corrected chi connectivity index (χ1v) is 10.8. The lowest BCUT2D eigenvalue weighted by molar-refractivity contribution is -0.105. The second-order valence-corrected chi connectivity index (χ2v) is 7.71. The van der Waals surface area contributed by atoms with Gasteiger partial charge in [-0.25, -0.2) is 4.98 Å². The Kier molecular flexibility index (Phi) is 8.49. The smallest absolute Gasteiger partial charge is 0.234 e. The first-order valence-electron chi connectivity index (χ1n) is 10.4. The third kappa shape index (κ3) is 6.85. The molecule has 5 rings (SSSR count). The molecule has 12 heteroatoms. The fraction of sp³-hybridized carbons (Fsp3) is 0.381. The van der Waals surface area contributed by atoms with Crippen molar-refractivity contribution >= 4 is 41.5 Å². The molecule has 3 aromatic heterocycles. The summed E-state index contributed by atoms with van der Waals surface area (Å²) >= 11 is 6.05. The number of aromatic nitrogens is 7. The van der Waals surface area contributed by atoms with Gasteiger partial charge in [-0.1, -0.05) is 0 Å². The van der Waals surface area contributed by atoms with Crippen molar-refractivity contribution < 1.29 is 4.79 Å². The highest BCUT2D eigenvalue weighted by molar-refractivity contribution is 6.28. The molecule has 3 N–H and O–H groups in total. The molecule has 33 heavy (non-hydrogen) atoms. The molecule has 1 atom stereocenters. The Morgan fingerprint density at radius 3 is 2.64 bits per heavy atom. The van der Waals surface area contributed by atoms with Crippen molar-refractivity contribution in [3.63, 3.8) is 0 Å². The number of hydrogen-bond acceptors (Lipinski definition) is 9. The second kappa shape index (κ2) is 11.7. The molecule has 0 aromatic carbocycles. The largest absolute Gasteiger partial charge is 0.338 e. The predicted molar refractivity (Wildman–Crippen MR) is 126 cm³/mol. The van der Waals surface area contributed by atoms with E-state index in [9.17, 15) is 4.79 Å². The molecule has 1 amide bonds. The predicted octanol–water partition coefficient (Wildman–Crippen LogP) is 3.15. The first-order chi connectivity index (χ1) is 16.1. The fourth-order valence-electron chi connectivity index (χ4n) is 3.31. The number of anilines is 4. The number of amides is 1. The van der Waals surface area contributed by atoms with Crippen LogP contribution in [0.1, 0.15) is 44.2 Å². The average Bonchev–Trinajstić information content (AvgIpc) is 3.42. The molecule has 172 valence electrons. The fourth-order valence-corrected chi connectivity index (χ4v) is 3.46. The zero-order chi connectivity index (χ0) is 23.6. The number of rotatable bonds is 6. The molecule has 1 aliphatic heterocycles. The van der Waals surface area contributed by atoms with Crippen LogP contribution in [0.2, 0.25) is 5.28 Å². The van der Waals surface area contributed by atoms with E-state index >= 15 is 0 Å². The maximum atomic E-state index is 9.80. The SMILES string of the molecule is C#C.C[C@H]1CCCN1c1nc(Cl)nc(Nc2cc(C3CC3)[nH]n2)n1.O=CNc1cnccn1. The zero-order valence-corrected chi connectivity index (χ0v) is 18.9. The molecule has 11 nitrogen and oxygen atoms in total. The number of aromatic amines is 1. The van der Waals surface area contributed by atoms with Crippen LogP contribution in [0.5, 0.6) is 0 Å². The molecule has 1 saturated heterocycles. The lowest BCUT2D eigenvalue weighted by atomic mass is 10.2. The quantitative estimate of drug-likeness (QED) is 0.367. The van der Waals surface area contributed by atoms with Gasteiger partial charge in [0.25, 0.3) is 0 Å². The highest BCUT2D eigenvalue weighted by atomic mass is 35.5. The number of halogens is 1. The Hall–Kier alpha value is -3.78. The van der Waals surface area contributed by atoms with Gasteiger partial charge in [0.05, 0.1) is 6.20 Å². The van der Waals surface area contributed by atoms with E-state index in [4.69, 9.17) is 11.6 Å². The number of carbonyl (C=O) groups excluding carboxylic acids is 1. The molecule has 4 heterocycles. The van der Waals surface area contributed by atoms with Gasteiger partial charge in [0.1, 0.15) is 0 Å². The molecule has 3 aromatic rings. The van der Waals surface area contributed by atoms with Gasteiger partial charge in [0.15, 0.2) is 11.6 Å². The summed E-state index contributed by atoms with van der Waals surface area (Å²) in [6.07, 6.45) is 17.8. The highest BCUT2D eigenvalue weighted by Gasteiger charge is 2.26. The van der Waals surface area contributed by atoms with Crippen LogP contribution in [0.3, 0.4) is 0 Å². The summed E-state index contributed by atoms with van der Waals surface area (Å²) in [5, 5.41) is 13.0. The molecule has 1 saturated carbocycles. The van der Waals surface area contributed by atoms with Gasteiger partial charge in [-0.15, -0.1) is 12.8 Å². The van der Waals surface area contributed by atoms with E-state index in [2.05, 4.69) is 70.4 Å².